The Kier molecular flexibility index (Phi) is 3.90. The zero-order valence-electron chi connectivity index (χ0n) is 8.63. The van der Waals surface area contributed by atoms with Crippen molar-refractivity contribution in [2.75, 3.05) is 12.4 Å². The number of nitrogens with one attached hydrogen (secondary N) is 1. The van der Waals surface area contributed by atoms with E-state index in [2.05, 4.69) is 20.2 Å². The van der Waals surface area contributed by atoms with E-state index in [-0.39, 0.29) is 6.61 Å². The average Bonchev–Trinajstić information content (AvgIpc) is 2.79. The largest absolute Gasteiger partial charge is 0.396 e. The average molecular weight is 236 g/mol. The summed E-state index contributed by atoms with van der Waals surface area (Å²) in [5, 5.41) is 16.3. The predicted octanol–water partition coefficient (Wildman–Crippen LogP) is 1.34. The number of aromatic nitrogens is 4. The minimum absolute atomic E-state index is 0.199. The number of hydrogen-bond donors (Lipinski definition) is 2. The highest BCUT2D eigenvalue weighted by molar-refractivity contribution is 7.99. The first-order chi connectivity index (χ1) is 7.90. The SMILES string of the molecule is OCCCSc1n[nH]c(-c2ccccn2)n1. The minimum atomic E-state index is 0.199. The Morgan fingerprint density at radius 1 is 1.38 bits per heavy atom. The van der Waals surface area contributed by atoms with Crippen LogP contribution in [0.4, 0.5) is 0 Å². The molecule has 0 saturated carbocycles. The van der Waals surface area contributed by atoms with Crippen molar-refractivity contribution in [2.24, 2.45) is 0 Å². The van der Waals surface area contributed by atoms with Gasteiger partial charge >= 0.3 is 0 Å². The summed E-state index contributed by atoms with van der Waals surface area (Å²) < 4.78 is 0. The number of pyridine rings is 1. The summed E-state index contributed by atoms with van der Waals surface area (Å²) in [6, 6.07) is 5.64. The molecule has 5 nitrogen and oxygen atoms in total. The molecule has 0 aliphatic carbocycles. The fraction of sp³-hybridized carbons (Fsp3) is 0.300. The zero-order chi connectivity index (χ0) is 11.2. The van der Waals surface area contributed by atoms with E-state index in [1.807, 2.05) is 18.2 Å². The molecule has 0 fully saturated rings. The normalized spacial score (nSPS) is 10.6. The molecule has 2 aromatic heterocycles. The molecular weight excluding hydrogens is 224 g/mol. The van der Waals surface area contributed by atoms with Gasteiger partial charge in [-0.3, -0.25) is 10.1 Å². The lowest BCUT2D eigenvalue weighted by molar-refractivity contribution is 0.296. The van der Waals surface area contributed by atoms with Gasteiger partial charge in [-0.05, 0) is 18.6 Å². The van der Waals surface area contributed by atoms with Crippen LogP contribution in [0, 0.1) is 0 Å². The maximum Gasteiger partial charge on any atom is 0.208 e. The molecule has 2 heterocycles. The maximum atomic E-state index is 8.66. The summed E-state index contributed by atoms with van der Waals surface area (Å²) in [5.41, 5.74) is 0.781. The van der Waals surface area contributed by atoms with Gasteiger partial charge in [-0.15, -0.1) is 5.10 Å². The van der Waals surface area contributed by atoms with Gasteiger partial charge in [-0.25, -0.2) is 0 Å². The van der Waals surface area contributed by atoms with E-state index >= 15 is 0 Å². The number of hydrogen-bond acceptors (Lipinski definition) is 5. The van der Waals surface area contributed by atoms with Crippen molar-refractivity contribution in [1.82, 2.24) is 20.2 Å². The molecular formula is C10H12N4OS. The number of thioether (sulfide) groups is 1. The summed E-state index contributed by atoms with van der Waals surface area (Å²) in [5.74, 6) is 1.49. The molecule has 16 heavy (non-hydrogen) atoms. The number of rotatable bonds is 5. The molecule has 0 amide bonds. The first kappa shape index (κ1) is 11.1. The van der Waals surface area contributed by atoms with Crippen molar-refractivity contribution in [2.45, 2.75) is 11.6 Å². The molecule has 0 saturated heterocycles. The van der Waals surface area contributed by atoms with Crippen LogP contribution in [0.3, 0.4) is 0 Å². The predicted molar refractivity (Wildman–Crippen MR) is 62.0 cm³/mol. The highest BCUT2D eigenvalue weighted by atomic mass is 32.2. The van der Waals surface area contributed by atoms with Crippen molar-refractivity contribution in [3.8, 4) is 11.5 Å². The van der Waals surface area contributed by atoms with Gasteiger partial charge in [-0.1, -0.05) is 17.8 Å². The Bertz CT molecular complexity index is 431. The van der Waals surface area contributed by atoms with Crippen LogP contribution >= 0.6 is 11.8 Å². The Hall–Kier alpha value is -1.40. The smallest absolute Gasteiger partial charge is 0.208 e. The summed E-state index contributed by atoms with van der Waals surface area (Å²) in [4.78, 5) is 8.48. The molecule has 0 unspecified atom stereocenters. The van der Waals surface area contributed by atoms with Gasteiger partial charge in [0.25, 0.3) is 0 Å². The van der Waals surface area contributed by atoms with Gasteiger partial charge in [0, 0.05) is 18.6 Å². The maximum absolute atomic E-state index is 8.66. The van der Waals surface area contributed by atoms with Crippen molar-refractivity contribution in [3.63, 3.8) is 0 Å². The first-order valence-electron chi connectivity index (χ1n) is 4.97. The number of nitrogens with zero attached hydrogens (tertiary/aromatic N) is 3. The highest BCUT2D eigenvalue weighted by Crippen LogP contribution is 2.17. The molecule has 0 aliphatic rings. The van der Waals surface area contributed by atoms with E-state index < -0.39 is 0 Å². The second-order valence-electron chi connectivity index (χ2n) is 3.11. The number of aromatic amines is 1. The van der Waals surface area contributed by atoms with Gasteiger partial charge in [0.15, 0.2) is 5.82 Å². The number of aliphatic hydroxyl groups excluding tert-OH is 1. The third-order valence-electron chi connectivity index (χ3n) is 1.91. The lowest BCUT2D eigenvalue weighted by Gasteiger charge is -1.93. The molecule has 0 spiro atoms. The van der Waals surface area contributed by atoms with Crippen LogP contribution in [0.1, 0.15) is 6.42 Å². The molecule has 0 aromatic carbocycles. The molecule has 84 valence electrons. The minimum Gasteiger partial charge on any atom is -0.396 e. The summed E-state index contributed by atoms with van der Waals surface area (Å²) in [6.07, 6.45) is 2.47. The fourth-order valence-corrected chi connectivity index (χ4v) is 1.88. The summed E-state index contributed by atoms with van der Waals surface area (Å²) in [6.45, 7) is 0.199. The molecule has 6 heteroatoms. The number of H-pyrrole nitrogens is 1. The van der Waals surface area contributed by atoms with Crippen molar-refractivity contribution < 1.29 is 5.11 Å². The van der Waals surface area contributed by atoms with Crippen molar-refractivity contribution >= 4 is 11.8 Å². The van der Waals surface area contributed by atoms with E-state index in [1.54, 1.807) is 6.20 Å². The van der Waals surface area contributed by atoms with Crippen LogP contribution in [0.25, 0.3) is 11.5 Å². The van der Waals surface area contributed by atoms with Crippen LogP contribution in [-0.4, -0.2) is 37.6 Å². The zero-order valence-corrected chi connectivity index (χ0v) is 9.44. The lowest BCUT2D eigenvalue weighted by Crippen LogP contribution is -1.86. The molecule has 0 bridgehead atoms. The Labute approximate surface area is 97.3 Å². The van der Waals surface area contributed by atoms with Crippen molar-refractivity contribution in [1.29, 1.82) is 0 Å². The van der Waals surface area contributed by atoms with E-state index in [0.29, 0.717) is 11.0 Å². The topological polar surface area (TPSA) is 74.7 Å². The molecule has 0 radical (unpaired) electrons. The molecule has 0 atom stereocenters. The van der Waals surface area contributed by atoms with Gasteiger partial charge in [0.1, 0.15) is 5.69 Å². The quantitative estimate of drug-likeness (QED) is 0.605. The summed E-state index contributed by atoms with van der Waals surface area (Å²) in [7, 11) is 0. The van der Waals surface area contributed by atoms with Gasteiger partial charge in [0.05, 0.1) is 0 Å². The second-order valence-corrected chi connectivity index (χ2v) is 4.17. The molecule has 2 aromatic rings. The standard InChI is InChI=1S/C10H12N4OS/c15-6-3-7-16-10-12-9(13-14-10)8-4-1-2-5-11-8/h1-2,4-5,15H,3,6-7H2,(H,12,13,14). The fourth-order valence-electron chi connectivity index (χ4n) is 1.16. The Morgan fingerprint density at radius 3 is 3.06 bits per heavy atom. The van der Waals surface area contributed by atoms with Crippen LogP contribution in [-0.2, 0) is 0 Å². The van der Waals surface area contributed by atoms with Gasteiger partial charge in [0.2, 0.25) is 5.16 Å². The van der Waals surface area contributed by atoms with E-state index in [1.165, 1.54) is 11.8 Å². The van der Waals surface area contributed by atoms with E-state index in [9.17, 15) is 0 Å². The molecule has 2 N–H and O–H groups in total. The third-order valence-corrected chi connectivity index (χ3v) is 2.84. The van der Waals surface area contributed by atoms with E-state index in [4.69, 9.17) is 5.11 Å². The van der Waals surface area contributed by atoms with Crippen molar-refractivity contribution in [3.05, 3.63) is 24.4 Å². The van der Waals surface area contributed by atoms with Crippen LogP contribution in [0.5, 0.6) is 0 Å². The van der Waals surface area contributed by atoms with Gasteiger partial charge in [-0.2, -0.15) is 4.98 Å². The Morgan fingerprint density at radius 2 is 2.31 bits per heavy atom. The Balaban J connectivity index is 2.02. The summed E-state index contributed by atoms with van der Waals surface area (Å²) >= 11 is 1.52. The highest BCUT2D eigenvalue weighted by Gasteiger charge is 2.05. The van der Waals surface area contributed by atoms with Gasteiger partial charge < -0.3 is 5.11 Å². The third kappa shape index (κ3) is 2.80. The molecule has 2 rings (SSSR count). The van der Waals surface area contributed by atoms with Crippen LogP contribution < -0.4 is 0 Å². The van der Waals surface area contributed by atoms with Crippen LogP contribution in [0.15, 0.2) is 29.6 Å². The first-order valence-corrected chi connectivity index (χ1v) is 5.96. The van der Waals surface area contributed by atoms with Crippen LogP contribution in [0.2, 0.25) is 0 Å². The second kappa shape index (κ2) is 5.62. The monoisotopic (exact) mass is 236 g/mol. The number of aliphatic hydroxyl groups is 1. The van der Waals surface area contributed by atoms with E-state index in [0.717, 1.165) is 17.9 Å². The lowest BCUT2D eigenvalue weighted by atomic mass is 10.3. The molecule has 0 aliphatic heterocycles.